The molecule has 0 bridgehead atoms. The predicted octanol–water partition coefficient (Wildman–Crippen LogP) is 4.64. The highest BCUT2D eigenvalue weighted by atomic mass is 32.2. The number of rotatable bonds is 6. The number of aryl methyl sites for hydroxylation is 1. The molecular formula is C20H19FN2O2S. The molecule has 0 N–H and O–H groups in total. The van der Waals surface area contributed by atoms with Gasteiger partial charge < -0.3 is 4.74 Å². The first-order chi connectivity index (χ1) is 12.6. The van der Waals surface area contributed by atoms with Crippen LogP contribution in [-0.2, 0) is 9.53 Å². The van der Waals surface area contributed by atoms with E-state index in [9.17, 15) is 9.18 Å². The Morgan fingerprint density at radius 3 is 2.50 bits per heavy atom. The molecule has 0 unspecified atom stereocenters. The second kappa shape index (κ2) is 8.19. The minimum absolute atomic E-state index is 0.166. The molecule has 0 saturated heterocycles. The maximum Gasteiger partial charge on any atom is 0.316 e. The monoisotopic (exact) mass is 370 g/mol. The molecular weight excluding hydrogens is 351 g/mol. The van der Waals surface area contributed by atoms with Crippen molar-refractivity contribution in [3.63, 3.8) is 0 Å². The molecule has 3 rings (SSSR count). The Kier molecular flexibility index (Phi) is 5.73. The third-order valence-corrected chi connectivity index (χ3v) is 4.71. The van der Waals surface area contributed by atoms with Crippen LogP contribution in [0, 0.1) is 12.7 Å². The lowest BCUT2D eigenvalue weighted by atomic mass is 10.1. The van der Waals surface area contributed by atoms with Gasteiger partial charge in [0.1, 0.15) is 5.82 Å². The maximum absolute atomic E-state index is 13.3. The average molecular weight is 370 g/mol. The summed E-state index contributed by atoms with van der Waals surface area (Å²) in [5, 5.41) is 0.653. The Morgan fingerprint density at radius 2 is 1.85 bits per heavy atom. The number of benzene rings is 2. The van der Waals surface area contributed by atoms with Crippen LogP contribution in [-0.4, -0.2) is 27.9 Å². The molecule has 134 valence electrons. The maximum atomic E-state index is 13.3. The molecule has 0 aliphatic heterocycles. The van der Waals surface area contributed by atoms with Gasteiger partial charge in [-0.15, -0.1) is 0 Å². The van der Waals surface area contributed by atoms with Crippen molar-refractivity contribution in [3.05, 3.63) is 66.1 Å². The molecule has 1 heterocycles. The van der Waals surface area contributed by atoms with E-state index in [2.05, 4.69) is 4.98 Å². The molecule has 0 radical (unpaired) electrons. The summed E-state index contributed by atoms with van der Waals surface area (Å²) in [5.74, 6) is -0.422. The summed E-state index contributed by atoms with van der Waals surface area (Å²) in [6.07, 6.45) is 1.77. The van der Waals surface area contributed by atoms with Crippen LogP contribution in [0.4, 0.5) is 4.39 Å². The van der Waals surface area contributed by atoms with Crippen LogP contribution in [0.2, 0.25) is 0 Å². The number of hydrogen-bond acceptors (Lipinski definition) is 4. The summed E-state index contributed by atoms with van der Waals surface area (Å²) in [6.45, 7) is 4.15. The molecule has 0 spiro atoms. The molecule has 0 atom stereocenters. The lowest BCUT2D eigenvalue weighted by Crippen LogP contribution is -2.08. The van der Waals surface area contributed by atoms with Crippen molar-refractivity contribution < 1.29 is 13.9 Å². The fourth-order valence-corrected chi connectivity index (χ4v) is 3.32. The third-order valence-electron chi connectivity index (χ3n) is 3.79. The van der Waals surface area contributed by atoms with Crippen LogP contribution in [0.1, 0.15) is 12.5 Å². The Hall–Kier alpha value is -2.60. The minimum atomic E-state index is -0.300. The fraction of sp³-hybridized carbons (Fsp3) is 0.200. The largest absolute Gasteiger partial charge is 0.465 e. The summed E-state index contributed by atoms with van der Waals surface area (Å²) in [7, 11) is 0. The van der Waals surface area contributed by atoms with Crippen LogP contribution in [0.3, 0.4) is 0 Å². The first kappa shape index (κ1) is 18.2. The smallest absolute Gasteiger partial charge is 0.316 e. The summed E-state index contributed by atoms with van der Waals surface area (Å²) < 4.78 is 20.3. The third kappa shape index (κ3) is 4.14. The lowest BCUT2D eigenvalue weighted by Gasteiger charge is -2.12. The molecule has 0 fully saturated rings. The quantitative estimate of drug-likeness (QED) is 0.468. The van der Waals surface area contributed by atoms with Crippen LogP contribution < -0.4 is 0 Å². The molecule has 0 aliphatic carbocycles. The van der Waals surface area contributed by atoms with E-state index in [0.717, 1.165) is 16.9 Å². The molecule has 0 amide bonds. The predicted molar refractivity (Wildman–Crippen MR) is 101 cm³/mol. The van der Waals surface area contributed by atoms with Gasteiger partial charge in [-0.05, 0) is 38.1 Å². The van der Waals surface area contributed by atoms with Crippen molar-refractivity contribution in [2.75, 3.05) is 12.4 Å². The highest BCUT2D eigenvalue weighted by molar-refractivity contribution is 7.99. The summed E-state index contributed by atoms with van der Waals surface area (Å²) >= 11 is 1.30. The SMILES string of the molecule is CCOC(=O)CSc1ncc(-c2ccc(C)cc2)n1-c1ccc(F)cc1. The lowest BCUT2D eigenvalue weighted by molar-refractivity contribution is -0.139. The molecule has 2 aromatic carbocycles. The molecule has 6 heteroatoms. The highest BCUT2D eigenvalue weighted by Gasteiger charge is 2.16. The van der Waals surface area contributed by atoms with Crippen LogP contribution >= 0.6 is 11.8 Å². The van der Waals surface area contributed by atoms with E-state index in [1.807, 2.05) is 35.8 Å². The zero-order valence-corrected chi connectivity index (χ0v) is 15.4. The Labute approximate surface area is 156 Å². The summed E-state index contributed by atoms with van der Waals surface area (Å²) in [5.41, 5.74) is 3.82. The van der Waals surface area contributed by atoms with Crippen LogP contribution in [0.25, 0.3) is 16.9 Å². The second-order valence-electron chi connectivity index (χ2n) is 5.70. The number of hydrogen-bond donors (Lipinski definition) is 0. The zero-order chi connectivity index (χ0) is 18.5. The highest BCUT2D eigenvalue weighted by Crippen LogP contribution is 2.30. The summed E-state index contributed by atoms with van der Waals surface area (Å²) in [6, 6.07) is 14.3. The number of carbonyl (C=O) groups excluding carboxylic acids is 1. The first-order valence-corrected chi connectivity index (χ1v) is 9.26. The Balaban J connectivity index is 2.00. The van der Waals surface area contributed by atoms with Gasteiger partial charge in [0.05, 0.1) is 24.3 Å². The van der Waals surface area contributed by atoms with Crippen molar-refractivity contribution >= 4 is 17.7 Å². The molecule has 1 aromatic heterocycles. The first-order valence-electron chi connectivity index (χ1n) is 8.27. The Morgan fingerprint density at radius 1 is 1.15 bits per heavy atom. The van der Waals surface area contributed by atoms with Gasteiger partial charge in [0.15, 0.2) is 5.16 Å². The van der Waals surface area contributed by atoms with Crippen molar-refractivity contribution in [1.29, 1.82) is 0 Å². The van der Waals surface area contributed by atoms with Crippen molar-refractivity contribution in [1.82, 2.24) is 9.55 Å². The number of nitrogens with zero attached hydrogens (tertiary/aromatic N) is 2. The normalized spacial score (nSPS) is 10.7. The second-order valence-corrected chi connectivity index (χ2v) is 6.64. The number of aromatic nitrogens is 2. The summed E-state index contributed by atoms with van der Waals surface area (Å²) in [4.78, 5) is 16.2. The number of imidazole rings is 1. The van der Waals surface area contributed by atoms with E-state index in [4.69, 9.17) is 4.74 Å². The van der Waals surface area contributed by atoms with Gasteiger partial charge in [-0.1, -0.05) is 41.6 Å². The van der Waals surface area contributed by atoms with E-state index in [1.54, 1.807) is 25.3 Å². The van der Waals surface area contributed by atoms with Crippen LogP contribution in [0.15, 0.2) is 59.9 Å². The number of carbonyl (C=O) groups is 1. The topological polar surface area (TPSA) is 44.1 Å². The molecule has 4 nitrogen and oxygen atoms in total. The van der Waals surface area contributed by atoms with Crippen molar-refractivity contribution in [2.24, 2.45) is 0 Å². The van der Waals surface area contributed by atoms with Gasteiger partial charge in [-0.3, -0.25) is 9.36 Å². The van der Waals surface area contributed by atoms with Crippen molar-refractivity contribution in [3.8, 4) is 16.9 Å². The van der Waals surface area contributed by atoms with Crippen molar-refractivity contribution in [2.45, 2.75) is 19.0 Å². The number of esters is 1. The van der Waals surface area contributed by atoms with E-state index < -0.39 is 0 Å². The molecule has 0 aliphatic rings. The average Bonchev–Trinajstić information content (AvgIpc) is 3.05. The van der Waals surface area contributed by atoms with E-state index in [1.165, 1.54) is 29.5 Å². The van der Waals surface area contributed by atoms with Gasteiger partial charge in [0.25, 0.3) is 0 Å². The van der Waals surface area contributed by atoms with Crippen LogP contribution in [0.5, 0.6) is 0 Å². The van der Waals surface area contributed by atoms with E-state index in [0.29, 0.717) is 11.8 Å². The standard InChI is InChI=1S/C20H19FN2O2S/c1-3-25-19(24)13-26-20-22-12-18(15-6-4-14(2)5-7-15)23(20)17-10-8-16(21)9-11-17/h4-12H,3,13H2,1-2H3. The Bertz CT molecular complexity index is 889. The number of thioether (sulfide) groups is 1. The molecule has 0 saturated carbocycles. The number of halogens is 1. The van der Waals surface area contributed by atoms with Gasteiger partial charge in [-0.25, -0.2) is 9.37 Å². The van der Waals surface area contributed by atoms with Gasteiger partial charge in [0, 0.05) is 11.3 Å². The number of ether oxygens (including phenoxy) is 1. The molecule has 3 aromatic rings. The minimum Gasteiger partial charge on any atom is -0.465 e. The zero-order valence-electron chi connectivity index (χ0n) is 14.6. The van der Waals surface area contributed by atoms with Gasteiger partial charge >= 0.3 is 5.97 Å². The van der Waals surface area contributed by atoms with E-state index in [-0.39, 0.29) is 17.5 Å². The van der Waals surface area contributed by atoms with E-state index >= 15 is 0 Å². The van der Waals surface area contributed by atoms with Gasteiger partial charge in [0.2, 0.25) is 0 Å². The fourth-order valence-electron chi connectivity index (χ4n) is 2.53. The van der Waals surface area contributed by atoms with Gasteiger partial charge in [-0.2, -0.15) is 0 Å². The molecule has 26 heavy (non-hydrogen) atoms.